The Labute approximate surface area is 138 Å². The fourth-order valence-corrected chi connectivity index (χ4v) is 2.43. The molecule has 0 fully saturated rings. The molecule has 1 N–H and O–H groups in total. The molecular formula is C18H14F2N4. The van der Waals surface area contributed by atoms with Gasteiger partial charge in [0.1, 0.15) is 5.69 Å². The number of halogens is 2. The number of rotatable bonds is 4. The maximum absolute atomic E-state index is 13.9. The van der Waals surface area contributed by atoms with Gasteiger partial charge in [0.25, 0.3) is 0 Å². The fraction of sp³-hybridized carbons (Fsp3) is 0.111. The van der Waals surface area contributed by atoms with Gasteiger partial charge in [-0.05, 0) is 29.3 Å². The van der Waals surface area contributed by atoms with E-state index in [4.69, 9.17) is 5.26 Å². The van der Waals surface area contributed by atoms with Crippen LogP contribution in [-0.4, -0.2) is 9.78 Å². The molecule has 3 aromatic rings. The van der Waals surface area contributed by atoms with Gasteiger partial charge < -0.3 is 5.32 Å². The zero-order chi connectivity index (χ0) is 17.1. The lowest BCUT2D eigenvalue weighted by Gasteiger charge is -2.10. The lowest BCUT2D eigenvalue weighted by molar-refractivity contribution is 0.587. The molecule has 0 radical (unpaired) electrons. The van der Waals surface area contributed by atoms with Crippen LogP contribution in [0.3, 0.4) is 0 Å². The smallest absolute Gasteiger partial charge is 0.150 e. The van der Waals surface area contributed by atoms with Crippen molar-refractivity contribution in [2.24, 2.45) is 7.05 Å². The molecule has 2 aromatic carbocycles. The third-order valence-corrected chi connectivity index (χ3v) is 3.61. The Morgan fingerprint density at radius 2 is 1.92 bits per heavy atom. The maximum atomic E-state index is 13.9. The molecule has 0 amide bonds. The summed E-state index contributed by atoms with van der Waals surface area (Å²) in [6.07, 6.45) is 3.65. The molecule has 0 saturated carbocycles. The van der Waals surface area contributed by atoms with Crippen LogP contribution in [0.4, 0.5) is 14.5 Å². The molecular weight excluding hydrogens is 310 g/mol. The minimum Gasteiger partial charge on any atom is -0.376 e. The van der Waals surface area contributed by atoms with Crippen LogP contribution in [0, 0.1) is 23.0 Å². The minimum atomic E-state index is -0.782. The summed E-state index contributed by atoms with van der Waals surface area (Å²) in [6, 6.07) is 11.4. The number of aromatic nitrogens is 2. The van der Waals surface area contributed by atoms with Crippen molar-refractivity contribution in [3.05, 3.63) is 71.6 Å². The quantitative estimate of drug-likeness (QED) is 0.793. The summed E-state index contributed by atoms with van der Waals surface area (Å²) in [7, 11) is 1.84. The average Bonchev–Trinajstić information content (AvgIpc) is 3.00. The van der Waals surface area contributed by atoms with Crippen molar-refractivity contribution in [3.63, 3.8) is 0 Å². The van der Waals surface area contributed by atoms with E-state index in [-0.39, 0.29) is 17.8 Å². The number of nitrogens with one attached hydrogen (secondary N) is 1. The van der Waals surface area contributed by atoms with Crippen molar-refractivity contribution in [3.8, 4) is 17.2 Å². The second kappa shape index (κ2) is 6.50. The van der Waals surface area contributed by atoms with E-state index < -0.39 is 11.6 Å². The Bertz CT molecular complexity index is 902. The zero-order valence-electron chi connectivity index (χ0n) is 12.9. The topological polar surface area (TPSA) is 53.6 Å². The number of anilines is 1. The number of hydrogen-bond donors (Lipinski definition) is 1. The summed E-state index contributed by atoms with van der Waals surface area (Å²) in [5.74, 6) is -1.56. The zero-order valence-corrected chi connectivity index (χ0v) is 12.9. The average molecular weight is 324 g/mol. The Morgan fingerprint density at radius 1 is 1.17 bits per heavy atom. The first-order valence-corrected chi connectivity index (χ1v) is 7.28. The molecule has 0 aliphatic carbocycles. The maximum Gasteiger partial charge on any atom is 0.150 e. The summed E-state index contributed by atoms with van der Waals surface area (Å²) < 4.78 is 29.5. The molecule has 0 aliphatic heterocycles. The molecule has 0 atom stereocenters. The predicted octanol–water partition coefficient (Wildman–Crippen LogP) is 3.85. The number of nitriles is 1. The van der Waals surface area contributed by atoms with Crippen LogP contribution in [0.1, 0.15) is 11.1 Å². The van der Waals surface area contributed by atoms with Gasteiger partial charge in [-0.3, -0.25) is 4.68 Å². The molecule has 120 valence electrons. The Hall–Kier alpha value is -3.20. The highest BCUT2D eigenvalue weighted by atomic mass is 19.1. The van der Waals surface area contributed by atoms with Crippen molar-refractivity contribution in [1.82, 2.24) is 9.78 Å². The van der Waals surface area contributed by atoms with E-state index in [1.807, 2.05) is 37.5 Å². The van der Waals surface area contributed by atoms with E-state index in [0.29, 0.717) is 0 Å². The molecule has 0 aliphatic rings. The van der Waals surface area contributed by atoms with E-state index in [0.717, 1.165) is 28.8 Å². The number of hydrogen-bond acceptors (Lipinski definition) is 3. The summed E-state index contributed by atoms with van der Waals surface area (Å²) >= 11 is 0. The summed E-state index contributed by atoms with van der Waals surface area (Å²) in [6.45, 7) is 0.258. The van der Waals surface area contributed by atoms with E-state index in [1.165, 1.54) is 0 Å². The second-order valence-corrected chi connectivity index (χ2v) is 5.38. The van der Waals surface area contributed by atoms with E-state index in [9.17, 15) is 8.78 Å². The van der Waals surface area contributed by atoms with Gasteiger partial charge in [-0.25, -0.2) is 8.78 Å². The van der Waals surface area contributed by atoms with Crippen LogP contribution in [-0.2, 0) is 13.6 Å². The minimum absolute atomic E-state index is 0.0471. The van der Waals surface area contributed by atoms with Gasteiger partial charge in [-0.1, -0.05) is 18.2 Å². The number of nitrogens with zero attached hydrogens (tertiary/aromatic N) is 3. The number of aryl methyl sites for hydroxylation is 1. The summed E-state index contributed by atoms with van der Waals surface area (Å²) in [5.41, 5.74) is 2.53. The molecule has 0 bridgehead atoms. The van der Waals surface area contributed by atoms with Gasteiger partial charge in [-0.2, -0.15) is 10.4 Å². The molecule has 6 heteroatoms. The van der Waals surface area contributed by atoms with E-state index in [2.05, 4.69) is 10.4 Å². The van der Waals surface area contributed by atoms with Crippen molar-refractivity contribution in [2.75, 3.05) is 5.32 Å². The van der Waals surface area contributed by atoms with Gasteiger partial charge >= 0.3 is 0 Å². The first-order valence-electron chi connectivity index (χ1n) is 7.28. The van der Waals surface area contributed by atoms with Crippen molar-refractivity contribution < 1.29 is 8.78 Å². The van der Waals surface area contributed by atoms with E-state index in [1.54, 1.807) is 16.9 Å². The Morgan fingerprint density at radius 3 is 2.54 bits per heavy atom. The molecule has 24 heavy (non-hydrogen) atoms. The van der Waals surface area contributed by atoms with Crippen molar-refractivity contribution >= 4 is 5.69 Å². The molecule has 0 spiro atoms. The van der Waals surface area contributed by atoms with Crippen molar-refractivity contribution in [1.29, 1.82) is 5.26 Å². The first kappa shape index (κ1) is 15.7. The van der Waals surface area contributed by atoms with Crippen LogP contribution in [0.15, 0.2) is 48.8 Å². The highest BCUT2D eigenvalue weighted by Crippen LogP contribution is 2.23. The second-order valence-electron chi connectivity index (χ2n) is 5.38. The highest BCUT2D eigenvalue weighted by molar-refractivity contribution is 5.62. The largest absolute Gasteiger partial charge is 0.376 e. The lowest BCUT2D eigenvalue weighted by atomic mass is 10.1. The van der Waals surface area contributed by atoms with Gasteiger partial charge in [0.05, 0.1) is 17.8 Å². The molecule has 4 nitrogen and oxygen atoms in total. The highest BCUT2D eigenvalue weighted by Gasteiger charge is 2.11. The Kier molecular flexibility index (Phi) is 4.25. The van der Waals surface area contributed by atoms with Crippen molar-refractivity contribution in [2.45, 2.75) is 6.54 Å². The van der Waals surface area contributed by atoms with Crippen LogP contribution < -0.4 is 5.32 Å². The monoisotopic (exact) mass is 324 g/mol. The van der Waals surface area contributed by atoms with Gasteiger partial charge in [0, 0.05) is 25.4 Å². The summed E-state index contributed by atoms with van der Waals surface area (Å²) in [5, 5.41) is 15.6. The molecule has 1 heterocycles. The molecule has 0 saturated heterocycles. The van der Waals surface area contributed by atoms with Gasteiger partial charge in [0.2, 0.25) is 0 Å². The Balaban J connectivity index is 1.80. The predicted molar refractivity (Wildman–Crippen MR) is 87.0 cm³/mol. The third-order valence-electron chi connectivity index (χ3n) is 3.61. The standard InChI is InChI=1S/C18H14F2N4/c1-24-11-15(10-23-24)14-4-2-3-12(5-14)9-22-18-16(19)6-13(8-21)7-17(18)20/h2-7,10-11,22H,9H2,1H3. The SMILES string of the molecule is Cn1cc(-c2cccc(CNc3c(F)cc(C#N)cc3F)c2)cn1. The van der Waals surface area contributed by atoms with Crippen LogP contribution in [0.25, 0.3) is 11.1 Å². The first-order chi connectivity index (χ1) is 11.6. The summed E-state index contributed by atoms with van der Waals surface area (Å²) in [4.78, 5) is 0. The van der Waals surface area contributed by atoms with Gasteiger partial charge in [-0.15, -0.1) is 0 Å². The number of benzene rings is 2. The normalized spacial score (nSPS) is 10.4. The fourth-order valence-electron chi connectivity index (χ4n) is 2.43. The van der Waals surface area contributed by atoms with Crippen LogP contribution in [0.5, 0.6) is 0 Å². The van der Waals surface area contributed by atoms with E-state index >= 15 is 0 Å². The van der Waals surface area contributed by atoms with Crippen LogP contribution in [0.2, 0.25) is 0 Å². The van der Waals surface area contributed by atoms with Gasteiger partial charge in [0.15, 0.2) is 11.6 Å². The molecule has 1 aromatic heterocycles. The molecule has 0 unspecified atom stereocenters. The lowest BCUT2D eigenvalue weighted by Crippen LogP contribution is -2.04. The molecule has 3 rings (SSSR count). The third kappa shape index (κ3) is 3.25. The van der Waals surface area contributed by atoms with Crippen LogP contribution >= 0.6 is 0 Å².